The van der Waals surface area contributed by atoms with E-state index >= 15 is 0 Å². The Hall–Kier alpha value is -0.570. The predicted molar refractivity (Wildman–Crippen MR) is 80.3 cm³/mol. The van der Waals surface area contributed by atoms with E-state index in [1.54, 1.807) is 0 Å². The van der Waals surface area contributed by atoms with Crippen LogP contribution in [0, 0.1) is 0 Å². The maximum atomic E-state index is 6.28. The molecule has 1 unspecified atom stereocenters. The molecule has 1 aromatic carbocycles. The Morgan fingerprint density at radius 3 is 2.50 bits per heavy atom. The van der Waals surface area contributed by atoms with Crippen LogP contribution in [0.3, 0.4) is 0 Å². The summed E-state index contributed by atoms with van der Waals surface area (Å²) < 4.78 is 0. The number of hydrogen-bond acceptors (Lipinski definition) is 2. The lowest BCUT2D eigenvalue weighted by Crippen LogP contribution is -2.31. The molecule has 0 fully saturated rings. The number of nitrogens with zero attached hydrogens (tertiary/aromatic N) is 1. The molecule has 0 aliphatic carbocycles. The number of benzene rings is 1. The van der Waals surface area contributed by atoms with E-state index in [2.05, 4.69) is 50.2 Å². The highest BCUT2D eigenvalue weighted by molar-refractivity contribution is 6.31. The van der Waals surface area contributed by atoms with Gasteiger partial charge in [0.25, 0.3) is 0 Å². The van der Waals surface area contributed by atoms with E-state index in [4.69, 9.17) is 11.6 Å². The summed E-state index contributed by atoms with van der Waals surface area (Å²) in [6, 6.07) is 9.04. The molecule has 2 nitrogen and oxygen atoms in total. The first-order valence-corrected chi connectivity index (χ1v) is 7.12. The Morgan fingerprint density at radius 2 is 1.94 bits per heavy atom. The molecule has 1 N–H and O–H groups in total. The van der Waals surface area contributed by atoms with Crippen molar-refractivity contribution < 1.29 is 0 Å². The summed E-state index contributed by atoms with van der Waals surface area (Å²) in [5.74, 6) is 0. The second-order valence-corrected chi connectivity index (χ2v) is 5.40. The van der Waals surface area contributed by atoms with Gasteiger partial charge < -0.3 is 10.2 Å². The second-order valence-electron chi connectivity index (χ2n) is 4.99. The van der Waals surface area contributed by atoms with E-state index in [0.717, 1.165) is 24.5 Å². The van der Waals surface area contributed by atoms with Gasteiger partial charge >= 0.3 is 0 Å². The Balaban J connectivity index is 2.68. The number of nitrogens with one attached hydrogen (secondary N) is 1. The van der Waals surface area contributed by atoms with Crippen molar-refractivity contribution in [2.45, 2.75) is 39.3 Å². The van der Waals surface area contributed by atoms with E-state index in [1.807, 2.05) is 12.1 Å². The third kappa shape index (κ3) is 4.60. The monoisotopic (exact) mass is 268 g/mol. The summed E-state index contributed by atoms with van der Waals surface area (Å²) in [6.45, 7) is 8.60. The molecule has 0 saturated heterocycles. The highest BCUT2D eigenvalue weighted by atomic mass is 35.5. The summed E-state index contributed by atoms with van der Waals surface area (Å²) in [6.07, 6.45) is 1.08. The van der Waals surface area contributed by atoms with Crippen LogP contribution in [0.1, 0.15) is 38.8 Å². The molecule has 0 amide bonds. The fourth-order valence-corrected chi connectivity index (χ4v) is 2.23. The van der Waals surface area contributed by atoms with Crippen LogP contribution in [0.4, 0.5) is 0 Å². The normalized spacial score (nSPS) is 13.3. The number of halogens is 1. The van der Waals surface area contributed by atoms with Crippen molar-refractivity contribution in [1.82, 2.24) is 10.2 Å². The van der Waals surface area contributed by atoms with Gasteiger partial charge in [-0.15, -0.1) is 0 Å². The molecular formula is C15H25ClN2. The highest BCUT2D eigenvalue weighted by Gasteiger charge is 2.14. The molecule has 1 rings (SSSR count). The van der Waals surface area contributed by atoms with Crippen LogP contribution in [0.2, 0.25) is 5.02 Å². The van der Waals surface area contributed by atoms with Crippen molar-refractivity contribution in [2.24, 2.45) is 0 Å². The molecule has 0 aromatic heterocycles. The minimum atomic E-state index is 0.338. The molecule has 0 aliphatic rings. The molecule has 0 saturated carbocycles. The minimum Gasteiger partial charge on any atom is -0.310 e. The van der Waals surface area contributed by atoms with Crippen molar-refractivity contribution >= 4 is 11.6 Å². The molecule has 0 spiro atoms. The molecule has 0 radical (unpaired) electrons. The SMILES string of the molecule is CCNC(CCN(C)C(C)C)c1ccccc1Cl. The van der Waals surface area contributed by atoms with Crippen LogP contribution in [0.15, 0.2) is 24.3 Å². The van der Waals surface area contributed by atoms with Crippen molar-refractivity contribution in [1.29, 1.82) is 0 Å². The van der Waals surface area contributed by atoms with E-state index in [1.165, 1.54) is 5.56 Å². The fraction of sp³-hybridized carbons (Fsp3) is 0.600. The topological polar surface area (TPSA) is 15.3 Å². The summed E-state index contributed by atoms with van der Waals surface area (Å²) in [5.41, 5.74) is 1.21. The van der Waals surface area contributed by atoms with Gasteiger partial charge in [0.2, 0.25) is 0 Å². The Morgan fingerprint density at radius 1 is 1.28 bits per heavy atom. The maximum absolute atomic E-state index is 6.28. The standard InChI is InChI=1S/C15H25ClN2/c1-5-17-15(10-11-18(4)12(2)3)13-8-6-7-9-14(13)16/h6-9,12,15,17H,5,10-11H2,1-4H3. The van der Waals surface area contributed by atoms with Gasteiger partial charge in [-0.3, -0.25) is 0 Å². The number of hydrogen-bond donors (Lipinski definition) is 1. The lowest BCUT2D eigenvalue weighted by molar-refractivity contribution is 0.257. The smallest absolute Gasteiger partial charge is 0.0453 e. The summed E-state index contributed by atoms with van der Waals surface area (Å²) in [5, 5.41) is 4.38. The van der Waals surface area contributed by atoms with Crippen LogP contribution in [0.5, 0.6) is 0 Å². The van der Waals surface area contributed by atoms with Crippen LogP contribution < -0.4 is 5.32 Å². The molecule has 0 aliphatic heterocycles. The number of rotatable bonds is 7. The summed E-state index contributed by atoms with van der Waals surface area (Å²) >= 11 is 6.28. The first-order valence-electron chi connectivity index (χ1n) is 6.74. The van der Waals surface area contributed by atoms with Crippen LogP contribution >= 0.6 is 11.6 Å². The average Bonchev–Trinajstić information content (AvgIpc) is 2.35. The largest absolute Gasteiger partial charge is 0.310 e. The lowest BCUT2D eigenvalue weighted by Gasteiger charge is -2.25. The van der Waals surface area contributed by atoms with Gasteiger partial charge in [0, 0.05) is 17.1 Å². The van der Waals surface area contributed by atoms with Gasteiger partial charge in [-0.1, -0.05) is 36.7 Å². The van der Waals surface area contributed by atoms with E-state index in [9.17, 15) is 0 Å². The third-order valence-electron chi connectivity index (χ3n) is 3.38. The molecule has 18 heavy (non-hydrogen) atoms. The summed E-state index contributed by atoms with van der Waals surface area (Å²) in [7, 11) is 2.17. The maximum Gasteiger partial charge on any atom is 0.0453 e. The molecule has 102 valence electrons. The minimum absolute atomic E-state index is 0.338. The third-order valence-corrected chi connectivity index (χ3v) is 3.73. The second kappa shape index (κ2) is 7.78. The van der Waals surface area contributed by atoms with Gasteiger partial charge in [-0.25, -0.2) is 0 Å². The lowest BCUT2D eigenvalue weighted by atomic mass is 10.0. The van der Waals surface area contributed by atoms with Crippen LogP contribution in [-0.4, -0.2) is 31.1 Å². The van der Waals surface area contributed by atoms with E-state index < -0.39 is 0 Å². The Bertz CT molecular complexity index is 352. The zero-order valence-corrected chi connectivity index (χ0v) is 12.7. The molecular weight excluding hydrogens is 244 g/mol. The van der Waals surface area contributed by atoms with Crippen molar-refractivity contribution in [3.05, 3.63) is 34.9 Å². The molecule has 1 atom stereocenters. The van der Waals surface area contributed by atoms with Crippen LogP contribution in [0.25, 0.3) is 0 Å². The van der Waals surface area contributed by atoms with Gasteiger partial charge in [-0.05, 0) is 52.0 Å². The van der Waals surface area contributed by atoms with Gasteiger partial charge in [-0.2, -0.15) is 0 Å². The van der Waals surface area contributed by atoms with Gasteiger partial charge in [0.15, 0.2) is 0 Å². The Kier molecular flexibility index (Phi) is 6.69. The van der Waals surface area contributed by atoms with Crippen molar-refractivity contribution in [3.63, 3.8) is 0 Å². The van der Waals surface area contributed by atoms with Crippen molar-refractivity contribution in [3.8, 4) is 0 Å². The predicted octanol–water partition coefficient (Wildman–Crippen LogP) is 3.72. The summed E-state index contributed by atoms with van der Waals surface area (Å²) in [4.78, 5) is 2.36. The zero-order chi connectivity index (χ0) is 13.5. The molecule has 0 bridgehead atoms. The quantitative estimate of drug-likeness (QED) is 0.811. The fourth-order valence-electron chi connectivity index (χ4n) is 1.96. The first-order chi connectivity index (χ1) is 8.56. The average molecular weight is 269 g/mol. The zero-order valence-electron chi connectivity index (χ0n) is 11.9. The van der Waals surface area contributed by atoms with E-state index in [0.29, 0.717) is 12.1 Å². The molecule has 1 aromatic rings. The van der Waals surface area contributed by atoms with E-state index in [-0.39, 0.29) is 0 Å². The van der Waals surface area contributed by atoms with Crippen LogP contribution in [-0.2, 0) is 0 Å². The van der Waals surface area contributed by atoms with Crippen molar-refractivity contribution in [2.75, 3.05) is 20.1 Å². The Labute approximate surface area is 116 Å². The van der Waals surface area contributed by atoms with Gasteiger partial charge in [0.1, 0.15) is 0 Å². The highest BCUT2D eigenvalue weighted by Crippen LogP contribution is 2.25. The first kappa shape index (κ1) is 15.5. The molecule has 0 heterocycles. The van der Waals surface area contributed by atoms with Gasteiger partial charge in [0.05, 0.1) is 0 Å². The molecule has 3 heteroatoms.